The van der Waals surface area contributed by atoms with Crippen molar-refractivity contribution in [3.05, 3.63) is 77.6 Å². The minimum atomic E-state index is -0.349. The molecule has 0 N–H and O–H groups in total. The van der Waals surface area contributed by atoms with Gasteiger partial charge in [-0.15, -0.1) is 0 Å². The van der Waals surface area contributed by atoms with Gasteiger partial charge in [-0.1, -0.05) is 48.5 Å². The second-order valence-electron chi connectivity index (χ2n) is 5.06. The molecule has 0 unspecified atom stereocenters. The van der Waals surface area contributed by atoms with Crippen LogP contribution in [0.2, 0.25) is 0 Å². The number of fused-ring (bicyclic) bond motifs is 1. The first-order valence-corrected chi connectivity index (χ1v) is 7.57. The van der Waals surface area contributed by atoms with E-state index in [1.807, 2.05) is 36.4 Å². The van der Waals surface area contributed by atoms with E-state index in [4.69, 9.17) is 4.74 Å². The topological polar surface area (TPSA) is 39.2 Å². The Bertz CT molecular complexity index is 863. The number of nitrogens with zero attached hydrogens (tertiary/aromatic N) is 1. The van der Waals surface area contributed by atoms with Gasteiger partial charge in [-0.3, -0.25) is 4.98 Å². The summed E-state index contributed by atoms with van der Waals surface area (Å²) in [6.45, 7) is 2.14. The Labute approximate surface area is 135 Å². The summed E-state index contributed by atoms with van der Waals surface area (Å²) in [5.41, 5.74) is 2.17. The van der Waals surface area contributed by atoms with Crippen molar-refractivity contribution in [3.63, 3.8) is 0 Å². The van der Waals surface area contributed by atoms with Gasteiger partial charge in [-0.05, 0) is 41.5 Å². The number of carbonyl (C=O) groups is 1. The molecule has 1 aromatic heterocycles. The molecule has 0 saturated carbocycles. The fourth-order valence-corrected chi connectivity index (χ4v) is 2.50. The average Bonchev–Trinajstić information content (AvgIpc) is 2.60. The summed E-state index contributed by atoms with van der Waals surface area (Å²) in [5.74, 6) is -0.349. The lowest BCUT2D eigenvalue weighted by Crippen LogP contribution is -2.07. The van der Waals surface area contributed by atoms with E-state index in [1.54, 1.807) is 25.3 Å². The Morgan fingerprint density at radius 3 is 2.74 bits per heavy atom. The molecule has 114 valence electrons. The van der Waals surface area contributed by atoms with E-state index in [0.717, 1.165) is 5.56 Å². The van der Waals surface area contributed by atoms with E-state index < -0.39 is 0 Å². The highest BCUT2D eigenvalue weighted by Gasteiger charge is 2.10. The zero-order valence-electron chi connectivity index (χ0n) is 12.9. The number of benzene rings is 2. The maximum absolute atomic E-state index is 12.0. The van der Waals surface area contributed by atoms with Gasteiger partial charge in [0.1, 0.15) is 0 Å². The van der Waals surface area contributed by atoms with Crippen molar-refractivity contribution in [1.82, 2.24) is 4.98 Å². The number of hydrogen-bond donors (Lipinski definition) is 0. The minimum absolute atomic E-state index is 0.347. The smallest absolute Gasteiger partial charge is 0.340 e. The van der Waals surface area contributed by atoms with Crippen LogP contribution in [0.25, 0.3) is 22.9 Å². The molecule has 3 aromatic rings. The molecule has 0 aliphatic carbocycles. The molecular formula is C20H17NO2. The van der Waals surface area contributed by atoms with Crippen LogP contribution in [0.1, 0.15) is 28.5 Å². The van der Waals surface area contributed by atoms with Crippen LogP contribution in [0.15, 0.2) is 60.8 Å². The molecule has 0 spiro atoms. The van der Waals surface area contributed by atoms with E-state index in [-0.39, 0.29) is 5.97 Å². The first kappa shape index (κ1) is 15.0. The quantitative estimate of drug-likeness (QED) is 0.662. The van der Waals surface area contributed by atoms with Crippen molar-refractivity contribution < 1.29 is 9.53 Å². The third-order valence-corrected chi connectivity index (χ3v) is 3.58. The van der Waals surface area contributed by atoms with Crippen LogP contribution in [0, 0.1) is 0 Å². The van der Waals surface area contributed by atoms with Crippen LogP contribution in [-0.2, 0) is 4.74 Å². The maximum atomic E-state index is 12.0. The lowest BCUT2D eigenvalue weighted by molar-refractivity contribution is 0.0525. The Morgan fingerprint density at radius 1 is 1.04 bits per heavy atom. The molecular weight excluding hydrogens is 286 g/mol. The van der Waals surface area contributed by atoms with Crippen LogP contribution in [-0.4, -0.2) is 17.6 Å². The third kappa shape index (κ3) is 3.29. The number of aromatic nitrogens is 1. The first-order valence-electron chi connectivity index (χ1n) is 7.57. The van der Waals surface area contributed by atoms with Gasteiger partial charge in [0.25, 0.3) is 0 Å². The van der Waals surface area contributed by atoms with Gasteiger partial charge in [-0.25, -0.2) is 4.79 Å². The summed E-state index contributed by atoms with van der Waals surface area (Å²) in [5, 5.41) is 2.35. The van der Waals surface area contributed by atoms with Gasteiger partial charge in [-0.2, -0.15) is 0 Å². The second kappa shape index (κ2) is 6.88. The van der Waals surface area contributed by atoms with Crippen LogP contribution in [0.4, 0.5) is 0 Å². The van der Waals surface area contributed by atoms with Crippen molar-refractivity contribution in [2.75, 3.05) is 6.61 Å². The molecule has 1 heterocycles. The summed E-state index contributed by atoms with van der Waals surface area (Å²) in [4.78, 5) is 16.3. The standard InChI is InChI=1S/C20H17NO2/c1-2-23-20(22)18-11-6-14-21-19(18)13-12-16-9-5-8-15-7-3-4-10-17(15)16/h3-14H,2H2,1H3/b13-12+. The molecule has 2 aromatic carbocycles. The highest BCUT2D eigenvalue weighted by molar-refractivity contribution is 5.96. The van der Waals surface area contributed by atoms with Gasteiger partial charge in [0.15, 0.2) is 0 Å². The van der Waals surface area contributed by atoms with Crippen LogP contribution >= 0.6 is 0 Å². The number of rotatable bonds is 4. The number of hydrogen-bond acceptors (Lipinski definition) is 3. The van der Waals surface area contributed by atoms with Crippen LogP contribution in [0.3, 0.4) is 0 Å². The van der Waals surface area contributed by atoms with Crippen molar-refractivity contribution in [2.45, 2.75) is 6.92 Å². The average molecular weight is 303 g/mol. The third-order valence-electron chi connectivity index (χ3n) is 3.58. The SMILES string of the molecule is CCOC(=O)c1cccnc1/C=C/c1cccc2ccccc12. The molecule has 0 saturated heterocycles. The van der Waals surface area contributed by atoms with Gasteiger partial charge in [0, 0.05) is 6.20 Å². The first-order chi connectivity index (χ1) is 11.3. The van der Waals surface area contributed by atoms with Crippen molar-refractivity contribution in [2.24, 2.45) is 0 Å². The lowest BCUT2D eigenvalue weighted by Gasteiger charge is -2.05. The van der Waals surface area contributed by atoms with Crippen molar-refractivity contribution >= 4 is 28.9 Å². The zero-order chi connectivity index (χ0) is 16.1. The highest BCUT2D eigenvalue weighted by atomic mass is 16.5. The summed E-state index contributed by atoms with van der Waals surface area (Å²) in [7, 11) is 0. The van der Waals surface area contributed by atoms with Crippen molar-refractivity contribution in [3.8, 4) is 0 Å². The number of esters is 1. The fourth-order valence-electron chi connectivity index (χ4n) is 2.50. The maximum Gasteiger partial charge on any atom is 0.340 e. The Kier molecular flexibility index (Phi) is 4.48. The lowest BCUT2D eigenvalue weighted by atomic mass is 10.0. The fraction of sp³-hybridized carbons (Fsp3) is 0.100. The molecule has 23 heavy (non-hydrogen) atoms. The molecule has 0 radical (unpaired) electrons. The molecule has 3 heteroatoms. The molecule has 3 rings (SSSR count). The molecule has 0 atom stereocenters. The van der Waals surface area contributed by atoms with Gasteiger partial charge < -0.3 is 4.74 Å². The Morgan fingerprint density at radius 2 is 1.87 bits per heavy atom. The number of carbonyl (C=O) groups excluding carboxylic acids is 1. The normalized spacial score (nSPS) is 11.0. The van der Waals surface area contributed by atoms with Gasteiger partial charge >= 0.3 is 5.97 Å². The molecule has 0 bridgehead atoms. The van der Waals surface area contributed by atoms with E-state index in [9.17, 15) is 4.79 Å². The van der Waals surface area contributed by atoms with Gasteiger partial charge in [0.05, 0.1) is 17.9 Å². The Hall–Kier alpha value is -2.94. The predicted octanol–water partition coefficient (Wildman–Crippen LogP) is 4.58. The number of ether oxygens (including phenoxy) is 1. The second-order valence-corrected chi connectivity index (χ2v) is 5.06. The summed E-state index contributed by atoms with van der Waals surface area (Å²) in [6, 6.07) is 17.8. The molecule has 0 aliphatic heterocycles. The van der Waals surface area contributed by atoms with E-state index >= 15 is 0 Å². The predicted molar refractivity (Wildman–Crippen MR) is 93.1 cm³/mol. The summed E-state index contributed by atoms with van der Waals surface area (Å²) < 4.78 is 5.08. The van der Waals surface area contributed by atoms with Crippen molar-refractivity contribution in [1.29, 1.82) is 0 Å². The van der Waals surface area contributed by atoms with Gasteiger partial charge in [0.2, 0.25) is 0 Å². The highest BCUT2D eigenvalue weighted by Crippen LogP contribution is 2.21. The van der Waals surface area contributed by atoms with E-state index in [2.05, 4.69) is 23.2 Å². The van der Waals surface area contributed by atoms with Crippen LogP contribution in [0.5, 0.6) is 0 Å². The van der Waals surface area contributed by atoms with E-state index in [0.29, 0.717) is 17.9 Å². The summed E-state index contributed by atoms with van der Waals surface area (Å²) in [6.07, 6.45) is 5.51. The molecule has 0 amide bonds. The molecule has 0 fully saturated rings. The van der Waals surface area contributed by atoms with E-state index in [1.165, 1.54) is 10.8 Å². The largest absolute Gasteiger partial charge is 0.462 e. The Balaban J connectivity index is 1.98. The summed E-state index contributed by atoms with van der Waals surface area (Å²) >= 11 is 0. The molecule has 0 aliphatic rings. The zero-order valence-corrected chi connectivity index (χ0v) is 12.9. The minimum Gasteiger partial charge on any atom is -0.462 e. The van der Waals surface area contributed by atoms with Crippen LogP contribution < -0.4 is 0 Å². The number of pyridine rings is 1. The molecule has 3 nitrogen and oxygen atoms in total. The monoisotopic (exact) mass is 303 g/mol.